The molecule has 2 rings (SSSR count). The fourth-order valence-electron chi connectivity index (χ4n) is 2.88. The van der Waals surface area contributed by atoms with Crippen LogP contribution in [0, 0.1) is 0 Å². The Kier molecular flexibility index (Phi) is 4.24. The molecule has 0 radical (unpaired) electrons. The number of carboxylic acids is 1. The Morgan fingerprint density at radius 1 is 1.32 bits per heavy atom. The number of benzene rings is 1. The Morgan fingerprint density at radius 2 is 1.95 bits per heavy atom. The van der Waals surface area contributed by atoms with Crippen LogP contribution in [0.15, 0.2) is 12.1 Å². The predicted molar refractivity (Wildman–Crippen MR) is 81.6 cm³/mol. The van der Waals surface area contributed by atoms with E-state index in [1.807, 2.05) is 27.7 Å². The third-order valence-corrected chi connectivity index (χ3v) is 3.57. The number of aliphatic carboxylic acids is 1. The van der Waals surface area contributed by atoms with Gasteiger partial charge in [0.25, 0.3) is 0 Å². The number of nitrogens with two attached hydrogens (primary N) is 1. The van der Waals surface area contributed by atoms with Gasteiger partial charge in [-0.2, -0.15) is 0 Å². The monoisotopic (exact) mass is 309 g/mol. The third kappa shape index (κ3) is 2.83. The van der Waals surface area contributed by atoms with Crippen molar-refractivity contribution < 1.29 is 24.1 Å². The lowest BCUT2D eigenvalue weighted by molar-refractivity contribution is -0.147. The van der Waals surface area contributed by atoms with E-state index in [-0.39, 0.29) is 6.42 Å². The summed E-state index contributed by atoms with van der Waals surface area (Å²) in [4.78, 5) is 11.8. The first-order valence-corrected chi connectivity index (χ1v) is 7.39. The summed E-state index contributed by atoms with van der Waals surface area (Å²) < 4.78 is 17.0. The quantitative estimate of drug-likeness (QED) is 0.867. The molecule has 1 unspecified atom stereocenters. The van der Waals surface area contributed by atoms with E-state index in [0.29, 0.717) is 36.0 Å². The summed E-state index contributed by atoms with van der Waals surface area (Å²) in [5, 5.41) is 9.67. The molecule has 22 heavy (non-hydrogen) atoms. The second-order valence-corrected chi connectivity index (χ2v) is 5.98. The minimum atomic E-state index is -1.56. The van der Waals surface area contributed by atoms with Gasteiger partial charge in [-0.15, -0.1) is 0 Å². The highest BCUT2D eigenvalue weighted by Gasteiger charge is 2.50. The van der Waals surface area contributed by atoms with Crippen LogP contribution in [0.5, 0.6) is 17.2 Å². The van der Waals surface area contributed by atoms with Crippen molar-refractivity contribution in [2.24, 2.45) is 5.73 Å². The smallest absolute Gasteiger partial charge is 0.328 e. The Morgan fingerprint density at radius 3 is 2.50 bits per heavy atom. The van der Waals surface area contributed by atoms with Gasteiger partial charge in [0.1, 0.15) is 22.8 Å². The minimum Gasteiger partial charge on any atom is -0.494 e. The van der Waals surface area contributed by atoms with Crippen LogP contribution in [0.25, 0.3) is 0 Å². The largest absolute Gasteiger partial charge is 0.494 e. The molecule has 1 aliphatic rings. The summed E-state index contributed by atoms with van der Waals surface area (Å²) >= 11 is 0. The van der Waals surface area contributed by atoms with Crippen LogP contribution in [0.3, 0.4) is 0 Å². The predicted octanol–water partition coefficient (Wildman–Crippen LogP) is 2.28. The maximum Gasteiger partial charge on any atom is 0.328 e. The van der Waals surface area contributed by atoms with Crippen LogP contribution in [0.1, 0.15) is 39.7 Å². The summed E-state index contributed by atoms with van der Waals surface area (Å²) in [5.74, 6) is 0.254. The fourth-order valence-corrected chi connectivity index (χ4v) is 2.88. The average Bonchev–Trinajstić information content (AvgIpc) is 2.36. The van der Waals surface area contributed by atoms with E-state index in [1.54, 1.807) is 12.1 Å². The first-order valence-electron chi connectivity index (χ1n) is 7.39. The Labute approximate surface area is 130 Å². The molecular weight excluding hydrogens is 286 g/mol. The first-order chi connectivity index (χ1) is 10.2. The molecule has 0 spiro atoms. The Bertz CT molecular complexity index is 584. The topological polar surface area (TPSA) is 91.0 Å². The van der Waals surface area contributed by atoms with Crippen molar-refractivity contribution in [2.45, 2.75) is 45.3 Å². The van der Waals surface area contributed by atoms with Gasteiger partial charge >= 0.3 is 5.97 Å². The van der Waals surface area contributed by atoms with Gasteiger partial charge in [-0.3, -0.25) is 0 Å². The van der Waals surface area contributed by atoms with Gasteiger partial charge in [-0.1, -0.05) is 0 Å². The number of rotatable bonds is 5. The molecule has 1 aliphatic heterocycles. The number of carbonyl (C=O) groups is 1. The van der Waals surface area contributed by atoms with Crippen molar-refractivity contribution in [1.29, 1.82) is 0 Å². The van der Waals surface area contributed by atoms with Gasteiger partial charge in [0, 0.05) is 18.6 Å². The van der Waals surface area contributed by atoms with E-state index in [4.69, 9.17) is 19.9 Å². The molecule has 0 saturated carbocycles. The molecule has 0 aliphatic carbocycles. The highest BCUT2D eigenvalue weighted by Crippen LogP contribution is 2.48. The molecule has 0 amide bonds. The van der Waals surface area contributed by atoms with Crippen LogP contribution in [-0.4, -0.2) is 29.9 Å². The maximum absolute atomic E-state index is 11.8. The standard InChI is InChI=1S/C16H23NO5/c1-5-20-10-7-11(21-6-2)13-12(8-10)22-15(3,4)9-16(13,17)14(18)19/h7-8H,5-6,9,17H2,1-4H3,(H,18,19). The molecule has 6 nitrogen and oxygen atoms in total. The summed E-state index contributed by atoms with van der Waals surface area (Å²) in [6.45, 7) is 8.20. The second kappa shape index (κ2) is 5.68. The van der Waals surface area contributed by atoms with Crippen molar-refractivity contribution >= 4 is 5.97 Å². The maximum atomic E-state index is 11.8. The van der Waals surface area contributed by atoms with Gasteiger partial charge in [0.2, 0.25) is 0 Å². The fraction of sp³-hybridized carbons (Fsp3) is 0.562. The van der Waals surface area contributed by atoms with Crippen LogP contribution in [-0.2, 0) is 10.3 Å². The Balaban J connectivity index is 2.68. The normalized spacial score (nSPS) is 22.4. The van der Waals surface area contributed by atoms with Crippen molar-refractivity contribution in [1.82, 2.24) is 0 Å². The number of fused-ring (bicyclic) bond motifs is 1. The minimum absolute atomic E-state index is 0.149. The highest BCUT2D eigenvalue weighted by molar-refractivity contribution is 5.84. The lowest BCUT2D eigenvalue weighted by atomic mass is 9.78. The molecule has 0 bridgehead atoms. The summed E-state index contributed by atoms with van der Waals surface area (Å²) in [5.41, 5.74) is 4.35. The van der Waals surface area contributed by atoms with Crippen molar-refractivity contribution in [3.63, 3.8) is 0 Å². The van der Waals surface area contributed by atoms with E-state index in [2.05, 4.69) is 0 Å². The SMILES string of the molecule is CCOc1cc(OCC)c2c(c1)OC(C)(C)CC2(N)C(=O)O. The van der Waals surface area contributed by atoms with E-state index in [0.717, 1.165) is 0 Å². The van der Waals surface area contributed by atoms with Gasteiger partial charge in [-0.05, 0) is 27.7 Å². The molecule has 0 fully saturated rings. The van der Waals surface area contributed by atoms with E-state index < -0.39 is 17.1 Å². The summed E-state index contributed by atoms with van der Waals surface area (Å²) in [6, 6.07) is 3.34. The summed E-state index contributed by atoms with van der Waals surface area (Å²) in [6.07, 6.45) is 0.149. The highest BCUT2D eigenvalue weighted by atomic mass is 16.5. The van der Waals surface area contributed by atoms with Crippen LogP contribution in [0.2, 0.25) is 0 Å². The third-order valence-electron chi connectivity index (χ3n) is 3.57. The van der Waals surface area contributed by atoms with E-state index in [1.165, 1.54) is 0 Å². The Hall–Kier alpha value is -1.95. The molecule has 0 saturated heterocycles. The van der Waals surface area contributed by atoms with Crippen molar-refractivity contribution in [3.05, 3.63) is 17.7 Å². The van der Waals surface area contributed by atoms with E-state index >= 15 is 0 Å². The van der Waals surface area contributed by atoms with Gasteiger partial charge in [0.05, 0.1) is 18.8 Å². The molecule has 1 heterocycles. The van der Waals surface area contributed by atoms with Crippen molar-refractivity contribution in [2.75, 3.05) is 13.2 Å². The van der Waals surface area contributed by atoms with E-state index in [9.17, 15) is 9.90 Å². The average molecular weight is 309 g/mol. The van der Waals surface area contributed by atoms with Crippen LogP contribution in [0.4, 0.5) is 0 Å². The molecular formula is C16H23NO5. The van der Waals surface area contributed by atoms with Gasteiger partial charge < -0.3 is 25.1 Å². The van der Waals surface area contributed by atoms with Gasteiger partial charge in [0.15, 0.2) is 5.54 Å². The number of hydrogen-bond donors (Lipinski definition) is 2. The molecule has 1 atom stereocenters. The number of hydrogen-bond acceptors (Lipinski definition) is 5. The van der Waals surface area contributed by atoms with Crippen LogP contribution < -0.4 is 19.9 Å². The zero-order valence-corrected chi connectivity index (χ0v) is 13.4. The number of carboxylic acid groups (broad SMARTS) is 1. The van der Waals surface area contributed by atoms with Crippen molar-refractivity contribution in [3.8, 4) is 17.2 Å². The molecule has 1 aromatic rings. The zero-order chi connectivity index (χ0) is 16.5. The lowest BCUT2D eigenvalue weighted by Gasteiger charge is -2.42. The van der Waals surface area contributed by atoms with Gasteiger partial charge in [-0.25, -0.2) is 4.79 Å². The zero-order valence-electron chi connectivity index (χ0n) is 13.4. The lowest BCUT2D eigenvalue weighted by Crippen LogP contribution is -2.54. The summed E-state index contributed by atoms with van der Waals surface area (Å²) in [7, 11) is 0. The molecule has 3 N–H and O–H groups in total. The van der Waals surface area contributed by atoms with Crippen LogP contribution >= 0.6 is 0 Å². The second-order valence-electron chi connectivity index (χ2n) is 5.98. The first kappa shape index (κ1) is 16.4. The molecule has 6 heteroatoms. The number of ether oxygens (including phenoxy) is 3. The molecule has 1 aromatic carbocycles. The molecule has 0 aromatic heterocycles. The molecule has 122 valence electrons.